The van der Waals surface area contributed by atoms with Crippen LogP contribution in [0.2, 0.25) is 0 Å². The molecule has 1 aromatic carbocycles. The number of likely N-dealkylation sites (tertiary alicyclic amines) is 1. The summed E-state index contributed by atoms with van der Waals surface area (Å²) >= 11 is 0. The zero-order chi connectivity index (χ0) is 21.5. The van der Waals surface area contributed by atoms with Crippen LogP contribution in [0.4, 0.5) is 4.79 Å². The second kappa shape index (κ2) is 7.64. The van der Waals surface area contributed by atoms with E-state index in [4.69, 9.17) is 13.9 Å². The zero-order valence-corrected chi connectivity index (χ0v) is 17.2. The molecule has 0 bridgehead atoms. The van der Waals surface area contributed by atoms with E-state index >= 15 is 0 Å². The van der Waals surface area contributed by atoms with Gasteiger partial charge in [0.15, 0.2) is 12.2 Å². The quantitative estimate of drug-likeness (QED) is 0.790. The summed E-state index contributed by atoms with van der Waals surface area (Å²) in [5.41, 5.74) is 1.64. The van der Waals surface area contributed by atoms with Crippen LogP contribution in [-0.4, -0.2) is 51.4 Å². The number of hydrogen-bond donors (Lipinski definition) is 2. The lowest BCUT2D eigenvalue weighted by Gasteiger charge is -2.28. The van der Waals surface area contributed by atoms with Gasteiger partial charge in [-0.1, -0.05) is 6.07 Å². The van der Waals surface area contributed by atoms with Gasteiger partial charge in [0.05, 0.1) is 24.6 Å². The SMILES string of the molecule is CC(C)(C)OC(=O)N1C[C@H](O)C[C@H]1NC(=O)Cc1ccc2c(c1)OCc1ncoc1-2. The van der Waals surface area contributed by atoms with E-state index in [0.29, 0.717) is 18.1 Å². The van der Waals surface area contributed by atoms with Crippen LogP contribution < -0.4 is 10.1 Å². The number of carbonyl (C=O) groups excluding carboxylic acids is 2. The number of ether oxygens (including phenoxy) is 2. The molecule has 0 radical (unpaired) electrons. The van der Waals surface area contributed by atoms with Crippen molar-refractivity contribution < 1.29 is 28.6 Å². The van der Waals surface area contributed by atoms with Crippen molar-refractivity contribution in [2.45, 2.75) is 58.1 Å². The van der Waals surface area contributed by atoms with Gasteiger partial charge in [0.25, 0.3) is 0 Å². The number of aliphatic hydroxyl groups excluding tert-OH is 1. The standard InChI is InChI=1S/C21H25N3O6/c1-21(2,3)30-20(27)24-9-13(25)8-17(24)23-18(26)7-12-4-5-14-16(6-12)28-10-15-19(14)29-11-22-15/h4-6,11,13,17,25H,7-10H2,1-3H3,(H,23,26)/t13-,17+/m1/s1. The summed E-state index contributed by atoms with van der Waals surface area (Å²) in [6.45, 7) is 5.74. The third kappa shape index (κ3) is 4.25. The second-order valence-electron chi connectivity index (χ2n) is 8.53. The minimum atomic E-state index is -0.712. The highest BCUT2D eigenvalue weighted by Crippen LogP contribution is 2.37. The summed E-state index contributed by atoms with van der Waals surface area (Å²) in [6.07, 6.45) is -0.142. The van der Waals surface area contributed by atoms with Crippen LogP contribution in [0.1, 0.15) is 38.4 Å². The van der Waals surface area contributed by atoms with Gasteiger partial charge in [0, 0.05) is 6.42 Å². The number of nitrogens with zero attached hydrogens (tertiary/aromatic N) is 2. The van der Waals surface area contributed by atoms with Gasteiger partial charge >= 0.3 is 6.09 Å². The van der Waals surface area contributed by atoms with Gasteiger partial charge in [-0.05, 0) is 38.5 Å². The van der Waals surface area contributed by atoms with Crippen LogP contribution in [0.3, 0.4) is 0 Å². The van der Waals surface area contributed by atoms with E-state index in [2.05, 4.69) is 10.3 Å². The third-order valence-corrected chi connectivity index (χ3v) is 4.90. The Morgan fingerprint density at radius 2 is 2.17 bits per heavy atom. The number of fused-ring (bicyclic) bond motifs is 3. The normalized spacial score (nSPS) is 20.2. The minimum absolute atomic E-state index is 0.106. The highest BCUT2D eigenvalue weighted by Gasteiger charge is 2.37. The van der Waals surface area contributed by atoms with Crippen LogP contribution in [0.25, 0.3) is 11.3 Å². The Balaban J connectivity index is 1.41. The van der Waals surface area contributed by atoms with Gasteiger partial charge in [-0.15, -0.1) is 0 Å². The number of hydrogen-bond acceptors (Lipinski definition) is 7. The Hall–Kier alpha value is -3.07. The number of rotatable bonds is 3. The lowest BCUT2D eigenvalue weighted by molar-refractivity contribution is -0.122. The highest BCUT2D eigenvalue weighted by molar-refractivity contribution is 5.80. The summed E-state index contributed by atoms with van der Waals surface area (Å²) in [5, 5.41) is 12.8. The maximum atomic E-state index is 12.6. The van der Waals surface area contributed by atoms with Crippen molar-refractivity contribution in [2.24, 2.45) is 0 Å². The van der Waals surface area contributed by atoms with Gasteiger partial charge < -0.3 is 24.3 Å². The number of carbonyl (C=O) groups is 2. The van der Waals surface area contributed by atoms with Crippen molar-refractivity contribution in [1.29, 1.82) is 0 Å². The Morgan fingerprint density at radius 3 is 2.93 bits per heavy atom. The zero-order valence-electron chi connectivity index (χ0n) is 17.2. The maximum absolute atomic E-state index is 12.6. The number of nitrogens with one attached hydrogen (secondary N) is 1. The Labute approximate surface area is 174 Å². The number of oxazole rings is 1. The largest absolute Gasteiger partial charge is 0.486 e. The molecule has 9 nitrogen and oxygen atoms in total. The molecule has 1 fully saturated rings. The average Bonchev–Trinajstić information content (AvgIpc) is 3.26. The van der Waals surface area contributed by atoms with Crippen molar-refractivity contribution in [3.8, 4) is 17.1 Å². The molecule has 30 heavy (non-hydrogen) atoms. The van der Waals surface area contributed by atoms with E-state index in [9.17, 15) is 14.7 Å². The second-order valence-corrected chi connectivity index (χ2v) is 8.53. The Bertz CT molecular complexity index is 964. The summed E-state index contributed by atoms with van der Waals surface area (Å²) in [7, 11) is 0. The van der Waals surface area contributed by atoms with Crippen molar-refractivity contribution in [2.75, 3.05) is 6.54 Å². The molecule has 2 aliphatic heterocycles. The molecular weight excluding hydrogens is 390 g/mol. The number of β-amino-alcohol motifs (C(OH)–C–C–N with tert-alkyl or cyclic N) is 1. The molecule has 4 rings (SSSR count). The first kappa shape index (κ1) is 20.2. The van der Waals surface area contributed by atoms with Crippen molar-refractivity contribution in [1.82, 2.24) is 15.2 Å². The first-order valence-corrected chi connectivity index (χ1v) is 9.85. The van der Waals surface area contributed by atoms with E-state index in [1.54, 1.807) is 26.8 Å². The van der Waals surface area contributed by atoms with Gasteiger partial charge in [0.1, 0.15) is 29.8 Å². The average molecular weight is 415 g/mol. The number of aromatic nitrogens is 1. The van der Waals surface area contributed by atoms with Gasteiger partial charge in [0.2, 0.25) is 5.91 Å². The van der Waals surface area contributed by atoms with Gasteiger partial charge in [-0.2, -0.15) is 0 Å². The van der Waals surface area contributed by atoms with Crippen LogP contribution >= 0.6 is 0 Å². The predicted octanol–water partition coefficient (Wildman–Crippen LogP) is 2.22. The summed E-state index contributed by atoms with van der Waals surface area (Å²) in [4.78, 5) is 30.5. The predicted molar refractivity (Wildman–Crippen MR) is 105 cm³/mol. The molecule has 1 aromatic heterocycles. The highest BCUT2D eigenvalue weighted by atomic mass is 16.6. The fraction of sp³-hybridized carbons (Fsp3) is 0.476. The molecule has 2 aromatic rings. The van der Waals surface area contributed by atoms with Crippen LogP contribution in [0.15, 0.2) is 29.0 Å². The summed E-state index contributed by atoms with van der Waals surface area (Å²) in [6, 6.07) is 5.47. The lowest BCUT2D eigenvalue weighted by atomic mass is 10.0. The summed E-state index contributed by atoms with van der Waals surface area (Å²) < 4.78 is 16.5. The van der Waals surface area contributed by atoms with Crippen molar-refractivity contribution in [3.05, 3.63) is 35.9 Å². The Morgan fingerprint density at radius 1 is 1.37 bits per heavy atom. The van der Waals surface area contributed by atoms with Crippen LogP contribution in [0.5, 0.6) is 5.75 Å². The van der Waals surface area contributed by atoms with Gasteiger partial charge in [-0.25, -0.2) is 9.78 Å². The van der Waals surface area contributed by atoms with E-state index in [1.807, 2.05) is 12.1 Å². The van der Waals surface area contributed by atoms with Crippen LogP contribution in [0, 0.1) is 0 Å². The first-order valence-electron chi connectivity index (χ1n) is 9.85. The molecule has 3 heterocycles. The maximum Gasteiger partial charge on any atom is 0.412 e. The van der Waals surface area contributed by atoms with Crippen LogP contribution in [-0.2, 0) is 22.6 Å². The monoisotopic (exact) mass is 415 g/mol. The van der Waals surface area contributed by atoms with Crippen molar-refractivity contribution in [3.63, 3.8) is 0 Å². The molecule has 0 spiro atoms. The number of amides is 2. The van der Waals surface area contributed by atoms with E-state index in [0.717, 1.165) is 16.8 Å². The fourth-order valence-electron chi connectivity index (χ4n) is 3.62. The molecule has 0 unspecified atom stereocenters. The topological polar surface area (TPSA) is 114 Å². The molecule has 2 N–H and O–H groups in total. The minimum Gasteiger partial charge on any atom is -0.486 e. The molecule has 0 saturated carbocycles. The van der Waals surface area contributed by atoms with E-state index in [1.165, 1.54) is 11.3 Å². The van der Waals surface area contributed by atoms with Crippen molar-refractivity contribution >= 4 is 12.0 Å². The Kier molecular flexibility index (Phi) is 5.15. The molecule has 1 saturated heterocycles. The molecular formula is C21H25N3O6. The first-order chi connectivity index (χ1) is 14.2. The third-order valence-electron chi connectivity index (χ3n) is 4.90. The lowest BCUT2D eigenvalue weighted by Crippen LogP contribution is -2.49. The molecule has 0 aliphatic carbocycles. The molecule has 9 heteroatoms. The molecule has 160 valence electrons. The van der Waals surface area contributed by atoms with E-state index < -0.39 is 24.0 Å². The van der Waals surface area contributed by atoms with Gasteiger partial charge in [-0.3, -0.25) is 9.69 Å². The smallest absolute Gasteiger partial charge is 0.412 e. The number of aliphatic hydroxyl groups is 1. The number of benzene rings is 1. The summed E-state index contributed by atoms with van der Waals surface area (Å²) in [5.74, 6) is 1.05. The fourth-order valence-corrected chi connectivity index (χ4v) is 3.62. The molecule has 2 amide bonds. The molecule has 2 atom stereocenters. The molecule has 2 aliphatic rings. The van der Waals surface area contributed by atoms with E-state index in [-0.39, 0.29) is 25.3 Å².